The number of hydrogen-bond acceptors (Lipinski definition) is 5. The van der Waals surface area contributed by atoms with E-state index >= 15 is 0 Å². The third-order valence-corrected chi connectivity index (χ3v) is 4.47. The van der Waals surface area contributed by atoms with Crippen molar-refractivity contribution < 1.29 is 14.3 Å². The summed E-state index contributed by atoms with van der Waals surface area (Å²) >= 11 is 0. The van der Waals surface area contributed by atoms with Crippen molar-refractivity contribution in [3.05, 3.63) is 63.4 Å². The normalized spacial score (nSPS) is 13.9. The van der Waals surface area contributed by atoms with Crippen LogP contribution in [0.25, 0.3) is 0 Å². The summed E-state index contributed by atoms with van der Waals surface area (Å²) in [7, 11) is 0. The molecule has 0 aliphatic carbocycles. The lowest BCUT2D eigenvalue weighted by Gasteiger charge is -2.10. The summed E-state index contributed by atoms with van der Waals surface area (Å²) in [5.41, 5.74) is 5.72. The second kappa shape index (κ2) is 11.2. The molecule has 1 unspecified atom stereocenters. The first-order valence-electron chi connectivity index (χ1n) is 9.44. The lowest BCUT2D eigenvalue weighted by Crippen LogP contribution is -2.16. The second-order valence-corrected chi connectivity index (χ2v) is 6.90. The van der Waals surface area contributed by atoms with Crippen molar-refractivity contribution in [1.29, 1.82) is 0 Å². The van der Waals surface area contributed by atoms with Gasteiger partial charge in [-0.15, -0.1) is 0 Å². The summed E-state index contributed by atoms with van der Waals surface area (Å²) in [5, 5.41) is 10.2. The Morgan fingerprint density at radius 1 is 1.33 bits per heavy atom. The van der Waals surface area contributed by atoms with Crippen LogP contribution in [-0.4, -0.2) is 10.9 Å². The Hall–Kier alpha value is -2.56. The molecular weight excluding hydrogens is 342 g/mol. The molecule has 5 nitrogen and oxygen atoms in total. The molecule has 0 bridgehead atoms. The summed E-state index contributed by atoms with van der Waals surface area (Å²) < 4.78 is 5.30. The Labute approximate surface area is 161 Å². The maximum atomic E-state index is 12.6. The zero-order chi connectivity index (χ0) is 20.4. The van der Waals surface area contributed by atoms with Gasteiger partial charge in [0.25, 0.3) is 0 Å². The Morgan fingerprint density at radius 3 is 2.63 bits per heavy atom. The van der Waals surface area contributed by atoms with Crippen molar-refractivity contribution in [2.24, 2.45) is 5.73 Å². The van der Waals surface area contributed by atoms with Crippen molar-refractivity contribution in [3.63, 3.8) is 0 Å². The molecule has 3 N–H and O–H groups in total. The summed E-state index contributed by atoms with van der Waals surface area (Å²) in [6.07, 6.45) is 11.5. The van der Waals surface area contributed by atoms with Crippen LogP contribution in [0.3, 0.4) is 0 Å². The molecule has 1 rings (SSSR count). The van der Waals surface area contributed by atoms with E-state index in [0.29, 0.717) is 17.8 Å². The first-order chi connectivity index (χ1) is 12.8. The highest BCUT2D eigenvalue weighted by molar-refractivity contribution is 6.09. The fraction of sp³-hybridized carbons (Fsp3) is 0.455. The van der Waals surface area contributed by atoms with E-state index in [-0.39, 0.29) is 17.2 Å². The fourth-order valence-electron chi connectivity index (χ4n) is 2.61. The summed E-state index contributed by atoms with van der Waals surface area (Å²) in [4.78, 5) is 24.9. The zero-order valence-corrected chi connectivity index (χ0v) is 16.7. The van der Waals surface area contributed by atoms with Crippen LogP contribution in [0.1, 0.15) is 81.8 Å². The number of hydrogen-bond donors (Lipinski definition) is 2. The average Bonchev–Trinajstić information content (AvgIpc) is 2.63. The van der Waals surface area contributed by atoms with E-state index in [9.17, 15) is 14.7 Å². The monoisotopic (exact) mass is 373 g/mol. The number of aromatic hydroxyl groups is 1. The lowest BCUT2D eigenvalue weighted by atomic mass is 9.99. The third-order valence-electron chi connectivity index (χ3n) is 4.47. The number of allylic oxidation sites excluding steroid dienone is 5. The molecule has 0 aromatic carbocycles. The number of ketones is 1. The van der Waals surface area contributed by atoms with E-state index in [4.69, 9.17) is 10.2 Å². The SMILES string of the molecule is CCCC/C(C)=C/C=C(\C)C(=O)c1c(O)cc(C(C)CC/C=C/N)oc1=O. The van der Waals surface area contributed by atoms with Gasteiger partial charge < -0.3 is 15.3 Å². The molecule has 148 valence electrons. The van der Waals surface area contributed by atoms with E-state index < -0.39 is 11.4 Å². The molecule has 0 saturated carbocycles. The van der Waals surface area contributed by atoms with Crippen LogP contribution in [0, 0.1) is 0 Å². The van der Waals surface area contributed by atoms with Crippen LogP contribution in [0.4, 0.5) is 0 Å². The van der Waals surface area contributed by atoms with Crippen molar-refractivity contribution >= 4 is 5.78 Å². The predicted molar refractivity (Wildman–Crippen MR) is 109 cm³/mol. The largest absolute Gasteiger partial charge is 0.507 e. The van der Waals surface area contributed by atoms with E-state index in [1.807, 2.05) is 26.0 Å². The second-order valence-electron chi connectivity index (χ2n) is 6.90. The maximum absolute atomic E-state index is 12.6. The highest BCUT2D eigenvalue weighted by Crippen LogP contribution is 2.26. The standard InChI is InChI=1S/C22H31NO4/c1-5-6-9-15(2)11-12-17(4)21(25)20-18(24)14-19(27-22(20)26)16(3)10-7-8-13-23/h8,11-14,16,24H,5-7,9-10,23H2,1-4H3/b13-8+,15-11+,17-12+. The fourth-order valence-corrected chi connectivity index (χ4v) is 2.61. The van der Waals surface area contributed by atoms with Crippen LogP contribution in [0.5, 0.6) is 5.75 Å². The van der Waals surface area contributed by atoms with Crippen molar-refractivity contribution in [1.82, 2.24) is 0 Å². The molecule has 0 amide bonds. The van der Waals surface area contributed by atoms with Gasteiger partial charge in [-0.25, -0.2) is 4.79 Å². The molecule has 0 radical (unpaired) electrons. The van der Waals surface area contributed by atoms with Crippen LogP contribution in [-0.2, 0) is 0 Å². The lowest BCUT2D eigenvalue weighted by molar-refractivity contribution is 0.102. The van der Waals surface area contributed by atoms with Gasteiger partial charge in [0, 0.05) is 12.0 Å². The molecule has 1 aromatic rings. The number of Topliss-reactive ketones (excluding diaryl/α,β-unsaturated/α-hetero) is 1. The van der Waals surface area contributed by atoms with Crippen LogP contribution in [0.2, 0.25) is 0 Å². The topological polar surface area (TPSA) is 93.5 Å². The molecule has 27 heavy (non-hydrogen) atoms. The van der Waals surface area contributed by atoms with E-state index in [0.717, 1.165) is 31.3 Å². The summed E-state index contributed by atoms with van der Waals surface area (Å²) in [6.45, 7) is 7.64. The number of rotatable bonds is 10. The van der Waals surface area contributed by atoms with Crippen LogP contribution >= 0.6 is 0 Å². The van der Waals surface area contributed by atoms with Gasteiger partial charge in [0.15, 0.2) is 5.78 Å². The number of carbonyl (C=O) groups excluding carboxylic acids is 1. The average molecular weight is 373 g/mol. The molecule has 1 atom stereocenters. The van der Waals surface area contributed by atoms with Gasteiger partial charge >= 0.3 is 5.63 Å². The minimum absolute atomic E-state index is 0.0789. The van der Waals surface area contributed by atoms with Crippen molar-refractivity contribution in [2.45, 2.75) is 65.7 Å². The highest BCUT2D eigenvalue weighted by atomic mass is 16.4. The molecule has 0 fully saturated rings. The number of carbonyl (C=O) groups is 1. The summed E-state index contributed by atoms with van der Waals surface area (Å²) in [6, 6.07) is 1.36. The molecular formula is C22H31NO4. The van der Waals surface area contributed by atoms with Gasteiger partial charge in [0.1, 0.15) is 17.1 Å². The third kappa shape index (κ3) is 6.93. The van der Waals surface area contributed by atoms with Gasteiger partial charge in [-0.2, -0.15) is 0 Å². The Kier molecular flexibility index (Phi) is 9.34. The Bertz CT molecular complexity index is 784. The predicted octanol–water partition coefficient (Wildman–Crippen LogP) is 4.97. The molecule has 1 aromatic heterocycles. The van der Waals surface area contributed by atoms with Gasteiger partial charge in [0.2, 0.25) is 0 Å². The van der Waals surface area contributed by atoms with Gasteiger partial charge in [0.05, 0.1) is 0 Å². The van der Waals surface area contributed by atoms with Crippen LogP contribution in [0.15, 0.2) is 50.9 Å². The van der Waals surface area contributed by atoms with Crippen molar-refractivity contribution in [3.8, 4) is 5.75 Å². The Balaban J connectivity index is 3.03. The zero-order valence-electron chi connectivity index (χ0n) is 16.7. The molecule has 0 spiro atoms. The minimum atomic E-state index is -0.810. The van der Waals surface area contributed by atoms with Crippen LogP contribution < -0.4 is 11.4 Å². The summed E-state index contributed by atoms with van der Waals surface area (Å²) in [5.74, 6) is -0.584. The molecule has 0 aliphatic rings. The number of nitrogens with two attached hydrogens (primary N) is 1. The van der Waals surface area contributed by atoms with E-state index in [1.54, 1.807) is 13.0 Å². The smallest absolute Gasteiger partial charge is 0.351 e. The van der Waals surface area contributed by atoms with E-state index in [1.165, 1.54) is 12.3 Å². The quantitative estimate of drug-likeness (QED) is 0.343. The molecule has 0 aliphatic heterocycles. The molecule has 1 heterocycles. The van der Waals surface area contributed by atoms with Gasteiger partial charge in [-0.3, -0.25) is 4.79 Å². The van der Waals surface area contributed by atoms with Gasteiger partial charge in [-0.05, 0) is 51.3 Å². The highest BCUT2D eigenvalue weighted by Gasteiger charge is 2.21. The number of unbranched alkanes of at least 4 members (excludes halogenated alkanes) is 1. The first-order valence-corrected chi connectivity index (χ1v) is 9.44. The van der Waals surface area contributed by atoms with Gasteiger partial charge in [-0.1, -0.05) is 44.1 Å². The maximum Gasteiger partial charge on any atom is 0.351 e. The molecule has 0 saturated heterocycles. The molecule has 5 heteroatoms. The minimum Gasteiger partial charge on any atom is -0.507 e. The van der Waals surface area contributed by atoms with E-state index in [2.05, 4.69) is 6.92 Å². The van der Waals surface area contributed by atoms with Crippen molar-refractivity contribution in [2.75, 3.05) is 0 Å². The Morgan fingerprint density at radius 2 is 2.04 bits per heavy atom. The first kappa shape index (κ1) is 22.5.